The van der Waals surface area contributed by atoms with E-state index in [9.17, 15) is 9.59 Å². The van der Waals surface area contributed by atoms with Crippen molar-refractivity contribution in [2.45, 2.75) is 38.1 Å². The Kier molecular flexibility index (Phi) is 4.61. The van der Waals surface area contributed by atoms with Gasteiger partial charge in [0, 0.05) is 17.6 Å². The van der Waals surface area contributed by atoms with Crippen LogP contribution >= 0.6 is 0 Å². The quantitative estimate of drug-likeness (QED) is 0.714. The summed E-state index contributed by atoms with van der Waals surface area (Å²) < 4.78 is 0. The van der Waals surface area contributed by atoms with Crippen LogP contribution in [0.3, 0.4) is 0 Å². The summed E-state index contributed by atoms with van der Waals surface area (Å²) in [6.07, 6.45) is 3.53. The number of hydrogen-bond acceptors (Lipinski definition) is 3. The van der Waals surface area contributed by atoms with Crippen LogP contribution in [0.25, 0.3) is 0 Å². The fourth-order valence-electron chi connectivity index (χ4n) is 2.62. The zero-order chi connectivity index (χ0) is 14.5. The maximum Gasteiger partial charge on any atom is 0.224 e. The molecule has 0 aromatic heterocycles. The number of hydrogen-bond donors (Lipinski definition) is 3. The third-order valence-corrected chi connectivity index (χ3v) is 3.84. The fourth-order valence-corrected chi connectivity index (χ4v) is 2.62. The average molecular weight is 275 g/mol. The minimum Gasteiger partial charge on any atom is -0.399 e. The molecule has 1 fully saturated rings. The first kappa shape index (κ1) is 14.4. The van der Waals surface area contributed by atoms with Crippen LogP contribution in [0, 0.1) is 5.92 Å². The van der Waals surface area contributed by atoms with Gasteiger partial charge < -0.3 is 16.8 Å². The van der Waals surface area contributed by atoms with Crippen molar-refractivity contribution < 1.29 is 9.59 Å². The highest BCUT2D eigenvalue weighted by Gasteiger charge is 2.25. The summed E-state index contributed by atoms with van der Waals surface area (Å²) in [5.74, 6) is -0.241. The molecule has 0 radical (unpaired) electrons. The molecule has 0 unspecified atom stereocenters. The normalized spacial score (nSPS) is 22.2. The number of primary amides is 1. The van der Waals surface area contributed by atoms with Gasteiger partial charge in [-0.2, -0.15) is 0 Å². The first-order valence-electron chi connectivity index (χ1n) is 6.97. The Hall–Kier alpha value is -2.04. The molecule has 0 heterocycles. The summed E-state index contributed by atoms with van der Waals surface area (Å²) in [5, 5.41) is 3.02. The summed E-state index contributed by atoms with van der Waals surface area (Å²) in [6.45, 7) is 0. The standard InChI is InChI=1S/C15H21N3O2/c16-12-5-1-10(2-6-12)9-14(19)18-13-7-3-11(4-8-13)15(17)20/h1-2,5-6,11,13H,3-4,7-9,16H2,(H2,17,20)(H,18,19). The first-order chi connectivity index (χ1) is 9.54. The van der Waals surface area contributed by atoms with Crippen LogP contribution in [0.4, 0.5) is 5.69 Å². The van der Waals surface area contributed by atoms with Gasteiger partial charge in [0.25, 0.3) is 0 Å². The van der Waals surface area contributed by atoms with Crippen molar-refractivity contribution in [1.82, 2.24) is 5.32 Å². The predicted octanol–water partition coefficient (Wildman–Crippen LogP) is 0.972. The van der Waals surface area contributed by atoms with E-state index in [1.165, 1.54) is 0 Å². The lowest BCUT2D eigenvalue weighted by molar-refractivity contribution is -0.123. The molecule has 1 aromatic carbocycles. The molecule has 0 bridgehead atoms. The van der Waals surface area contributed by atoms with E-state index in [0.29, 0.717) is 12.1 Å². The number of nitrogen functional groups attached to an aromatic ring is 1. The van der Waals surface area contributed by atoms with Gasteiger partial charge in [-0.05, 0) is 43.4 Å². The van der Waals surface area contributed by atoms with Gasteiger partial charge in [0.15, 0.2) is 0 Å². The minimum absolute atomic E-state index is 0.0114. The number of nitrogens with two attached hydrogens (primary N) is 2. The van der Waals surface area contributed by atoms with Crippen molar-refractivity contribution >= 4 is 17.5 Å². The van der Waals surface area contributed by atoms with Gasteiger partial charge in [-0.1, -0.05) is 12.1 Å². The van der Waals surface area contributed by atoms with Crippen molar-refractivity contribution in [2.75, 3.05) is 5.73 Å². The Morgan fingerprint density at radius 1 is 1.10 bits per heavy atom. The van der Waals surface area contributed by atoms with Crippen molar-refractivity contribution in [3.05, 3.63) is 29.8 Å². The summed E-state index contributed by atoms with van der Waals surface area (Å²) in [6, 6.07) is 7.46. The van der Waals surface area contributed by atoms with Gasteiger partial charge in [-0.3, -0.25) is 9.59 Å². The van der Waals surface area contributed by atoms with E-state index in [0.717, 1.165) is 31.2 Å². The Labute approximate surface area is 118 Å². The van der Waals surface area contributed by atoms with Gasteiger partial charge >= 0.3 is 0 Å². The highest BCUT2D eigenvalue weighted by atomic mass is 16.2. The van der Waals surface area contributed by atoms with E-state index in [1.54, 1.807) is 12.1 Å². The number of benzene rings is 1. The molecule has 0 saturated heterocycles. The molecule has 5 nitrogen and oxygen atoms in total. The molecular weight excluding hydrogens is 254 g/mol. The van der Waals surface area contributed by atoms with Crippen molar-refractivity contribution in [3.63, 3.8) is 0 Å². The van der Waals surface area contributed by atoms with Gasteiger partial charge in [-0.25, -0.2) is 0 Å². The molecule has 5 heteroatoms. The Morgan fingerprint density at radius 3 is 2.25 bits per heavy atom. The summed E-state index contributed by atoms with van der Waals surface area (Å²) in [4.78, 5) is 23.0. The molecule has 0 spiro atoms. The van der Waals surface area contributed by atoms with Crippen molar-refractivity contribution in [2.24, 2.45) is 11.7 Å². The Balaban J connectivity index is 1.78. The smallest absolute Gasteiger partial charge is 0.224 e. The zero-order valence-corrected chi connectivity index (χ0v) is 11.5. The van der Waals surface area contributed by atoms with Crippen LogP contribution in [0.2, 0.25) is 0 Å². The molecule has 1 aromatic rings. The monoisotopic (exact) mass is 275 g/mol. The maximum atomic E-state index is 11.9. The molecule has 2 rings (SSSR count). The van der Waals surface area contributed by atoms with E-state index in [4.69, 9.17) is 11.5 Å². The number of anilines is 1. The van der Waals surface area contributed by atoms with Crippen LogP contribution < -0.4 is 16.8 Å². The number of carbonyl (C=O) groups is 2. The molecular formula is C15H21N3O2. The number of amides is 2. The van der Waals surface area contributed by atoms with E-state index in [2.05, 4.69) is 5.32 Å². The summed E-state index contributed by atoms with van der Waals surface area (Å²) in [7, 11) is 0. The van der Waals surface area contributed by atoms with E-state index >= 15 is 0 Å². The van der Waals surface area contributed by atoms with Crippen LogP contribution in [-0.2, 0) is 16.0 Å². The van der Waals surface area contributed by atoms with Gasteiger partial charge in [-0.15, -0.1) is 0 Å². The molecule has 1 aliphatic rings. The second kappa shape index (κ2) is 6.41. The van der Waals surface area contributed by atoms with Crippen LogP contribution in [0.1, 0.15) is 31.2 Å². The third-order valence-electron chi connectivity index (χ3n) is 3.84. The molecule has 2 amide bonds. The number of rotatable bonds is 4. The third kappa shape index (κ3) is 3.98. The highest BCUT2D eigenvalue weighted by Crippen LogP contribution is 2.23. The summed E-state index contributed by atoms with van der Waals surface area (Å²) >= 11 is 0. The van der Waals surface area contributed by atoms with Crippen molar-refractivity contribution in [3.8, 4) is 0 Å². The SMILES string of the molecule is NC(=O)C1CCC(NC(=O)Cc2ccc(N)cc2)CC1. The Morgan fingerprint density at radius 2 is 1.70 bits per heavy atom. The van der Waals surface area contributed by atoms with Crippen molar-refractivity contribution in [1.29, 1.82) is 0 Å². The number of carbonyl (C=O) groups excluding carboxylic acids is 2. The van der Waals surface area contributed by atoms with E-state index in [-0.39, 0.29) is 23.8 Å². The lowest BCUT2D eigenvalue weighted by atomic mass is 9.85. The van der Waals surface area contributed by atoms with Gasteiger partial charge in [0.2, 0.25) is 11.8 Å². The molecule has 0 atom stereocenters. The minimum atomic E-state index is -0.225. The average Bonchev–Trinajstić information content (AvgIpc) is 2.42. The fraction of sp³-hybridized carbons (Fsp3) is 0.467. The second-order valence-electron chi connectivity index (χ2n) is 5.44. The van der Waals surface area contributed by atoms with Crippen LogP contribution in [-0.4, -0.2) is 17.9 Å². The largest absolute Gasteiger partial charge is 0.399 e. The lowest BCUT2D eigenvalue weighted by Gasteiger charge is -2.27. The van der Waals surface area contributed by atoms with Gasteiger partial charge in [0.05, 0.1) is 6.42 Å². The van der Waals surface area contributed by atoms with Crippen LogP contribution in [0.5, 0.6) is 0 Å². The Bertz CT molecular complexity index is 476. The summed E-state index contributed by atoms with van der Waals surface area (Å²) in [5.41, 5.74) is 12.5. The topological polar surface area (TPSA) is 98.2 Å². The highest BCUT2D eigenvalue weighted by molar-refractivity contribution is 5.79. The van der Waals surface area contributed by atoms with Crippen LogP contribution in [0.15, 0.2) is 24.3 Å². The predicted molar refractivity (Wildman–Crippen MR) is 77.6 cm³/mol. The first-order valence-corrected chi connectivity index (χ1v) is 6.97. The molecule has 20 heavy (non-hydrogen) atoms. The van der Waals surface area contributed by atoms with E-state index < -0.39 is 0 Å². The molecule has 0 aliphatic heterocycles. The lowest BCUT2D eigenvalue weighted by Crippen LogP contribution is -2.40. The second-order valence-corrected chi connectivity index (χ2v) is 5.44. The van der Waals surface area contributed by atoms with Gasteiger partial charge in [0.1, 0.15) is 0 Å². The molecule has 1 saturated carbocycles. The van der Waals surface area contributed by atoms with E-state index in [1.807, 2.05) is 12.1 Å². The number of nitrogens with one attached hydrogen (secondary N) is 1. The molecule has 108 valence electrons. The molecule has 1 aliphatic carbocycles. The molecule has 5 N–H and O–H groups in total. The zero-order valence-electron chi connectivity index (χ0n) is 11.5. The maximum absolute atomic E-state index is 11.9.